The van der Waals surface area contributed by atoms with Crippen LogP contribution in [-0.2, 0) is 17.8 Å². The Kier molecular flexibility index (Phi) is 4.28. The van der Waals surface area contributed by atoms with E-state index in [0.29, 0.717) is 11.3 Å². The Bertz CT molecular complexity index is 756. The molecule has 0 bridgehead atoms. The minimum Gasteiger partial charge on any atom is -0.325 e. The van der Waals surface area contributed by atoms with Gasteiger partial charge in [0.15, 0.2) is 0 Å². The maximum Gasteiger partial charge on any atom is 0.325 e. The third-order valence-electron chi connectivity index (χ3n) is 3.86. The van der Waals surface area contributed by atoms with E-state index in [1.54, 1.807) is 23.0 Å². The van der Waals surface area contributed by atoms with Crippen molar-refractivity contribution < 1.29 is 14.0 Å². The number of amides is 3. The first-order valence-electron chi connectivity index (χ1n) is 7.71. The number of aromatic nitrogens is 3. The number of carbonyl (C=O) groups excluding carboxylic acids is 2. The van der Waals surface area contributed by atoms with Gasteiger partial charge in [0.1, 0.15) is 11.9 Å². The number of carbonyl (C=O) groups is 2. The van der Waals surface area contributed by atoms with Crippen LogP contribution in [0.15, 0.2) is 30.5 Å². The van der Waals surface area contributed by atoms with Crippen molar-refractivity contribution in [3.63, 3.8) is 0 Å². The molecular formula is C16H18FN5O2. The second-order valence-corrected chi connectivity index (χ2v) is 6.04. The Morgan fingerprint density at radius 3 is 2.58 bits per heavy atom. The standard InChI is InChI=1S/C16H18FN5O2/c1-10(2)22-9-13(19-20-22)7-14-15(23)21(16(24)18-14)8-11-3-5-12(17)6-4-11/h3-6,9-10,14H,7-8H2,1-2H3,(H,18,24). The van der Waals surface area contributed by atoms with Crippen molar-refractivity contribution >= 4 is 11.9 Å². The minimum absolute atomic E-state index is 0.111. The number of nitrogens with zero attached hydrogens (tertiary/aromatic N) is 4. The van der Waals surface area contributed by atoms with Gasteiger partial charge in [-0.25, -0.2) is 13.9 Å². The lowest BCUT2D eigenvalue weighted by molar-refractivity contribution is -0.127. The second-order valence-electron chi connectivity index (χ2n) is 6.04. The Balaban J connectivity index is 1.67. The summed E-state index contributed by atoms with van der Waals surface area (Å²) in [5, 5.41) is 10.7. The molecule has 1 aromatic heterocycles. The molecule has 1 unspecified atom stereocenters. The highest BCUT2D eigenvalue weighted by Gasteiger charge is 2.38. The molecule has 1 saturated heterocycles. The summed E-state index contributed by atoms with van der Waals surface area (Å²) < 4.78 is 14.6. The molecule has 0 radical (unpaired) electrons. The number of nitrogens with one attached hydrogen (secondary N) is 1. The lowest BCUT2D eigenvalue weighted by Crippen LogP contribution is -2.32. The Morgan fingerprint density at radius 1 is 1.25 bits per heavy atom. The monoisotopic (exact) mass is 331 g/mol. The number of halogens is 1. The van der Waals surface area contributed by atoms with Gasteiger partial charge in [-0.2, -0.15) is 0 Å². The van der Waals surface area contributed by atoms with Crippen LogP contribution in [0.4, 0.5) is 9.18 Å². The molecule has 1 aliphatic rings. The lowest BCUT2D eigenvalue weighted by Gasteiger charge is -2.12. The fraction of sp³-hybridized carbons (Fsp3) is 0.375. The van der Waals surface area contributed by atoms with Gasteiger partial charge in [0.2, 0.25) is 0 Å². The molecule has 2 aromatic rings. The summed E-state index contributed by atoms with van der Waals surface area (Å²) >= 11 is 0. The summed E-state index contributed by atoms with van der Waals surface area (Å²) in [6.07, 6.45) is 2.06. The van der Waals surface area contributed by atoms with Crippen LogP contribution in [0.5, 0.6) is 0 Å². The minimum atomic E-state index is -0.657. The van der Waals surface area contributed by atoms with Crippen molar-refractivity contribution in [1.82, 2.24) is 25.2 Å². The second kappa shape index (κ2) is 6.38. The largest absolute Gasteiger partial charge is 0.325 e. The van der Waals surface area contributed by atoms with Gasteiger partial charge in [-0.1, -0.05) is 17.3 Å². The van der Waals surface area contributed by atoms with E-state index < -0.39 is 12.1 Å². The van der Waals surface area contributed by atoms with E-state index in [4.69, 9.17) is 0 Å². The SMILES string of the molecule is CC(C)n1cc(CC2NC(=O)N(Cc3ccc(F)cc3)C2=O)nn1. The van der Waals surface area contributed by atoms with Crippen molar-refractivity contribution in [2.45, 2.75) is 38.9 Å². The van der Waals surface area contributed by atoms with E-state index in [2.05, 4.69) is 15.6 Å². The number of urea groups is 1. The fourth-order valence-corrected chi connectivity index (χ4v) is 2.51. The molecule has 1 fully saturated rings. The highest BCUT2D eigenvalue weighted by molar-refractivity contribution is 6.04. The number of hydrogen-bond donors (Lipinski definition) is 1. The van der Waals surface area contributed by atoms with Crippen molar-refractivity contribution in [3.05, 3.63) is 47.5 Å². The average molecular weight is 331 g/mol. The topological polar surface area (TPSA) is 80.1 Å². The molecule has 3 amide bonds. The fourth-order valence-electron chi connectivity index (χ4n) is 2.51. The first kappa shape index (κ1) is 16.1. The first-order chi connectivity index (χ1) is 11.4. The molecule has 1 aromatic carbocycles. The first-order valence-corrected chi connectivity index (χ1v) is 7.71. The van der Waals surface area contributed by atoms with Gasteiger partial charge in [0, 0.05) is 18.7 Å². The van der Waals surface area contributed by atoms with Crippen LogP contribution in [-0.4, -0.2) is 37.9 Å². The Hall–Kier alpha value is -2.77. The summed E-state index contributed by atoms with van der Waals surface area (Å²) in [6.45, 7) is 4.07. The summed E-state index contributed by atoms with van der Waals surface area (Å²) in [4.78, 5) is 25.6. The molecule has 8 heteroatoms. The maximum absolute atomic E-state index is 12.9. The van der Waals surface area contributed by atoms with Crippen molar-refractivity contribution in [2.24, 2.45) is 0 Å². The third-order valence-corrected chi connectivity index (χ3v) is 3.86. The number of imide groups is 1. The van der Waals surface area contributed by atoms with E-state index >= 15 is 0 Å². The molecular weight excluding hydrogens is 313 g/mol. The molecule has 0 aliphatic carbocycles. The van der Waals surface area contributed by atoms with Crippen LogP contribution in [0.2, 0.25) is 0 Å². The Morgan fingerprint density at radius 2 is 1.96 bits per heavy atom. The smallest absolute Gasteiger partial charge is 0.325 e. The van der Waals surface area contributed by atoms with E-state index in [9.17, 15) is 14.0 Å². The summed E-state index contributed by atoms with van der Waals surface area (Å²) in [5.41, 5.74) is 1.33. The van der Waals surface area contributed by atoms with E-state index in [1.165, 1.54) is 12.1 Å². The van der Waals surface area contributed by atoms with Gasteiger partial charge < -0.3 is 5.32 Å². The van der Waals surface area contributed by atoms with Crippen molar-refractivity contribution in [1.29, 1.82) is 0 Å². The van der Waals surface area contributed by atoms with Gasteiger partial charge in [-0.15, -0.1) is 5.10 Å². The lowest BCUT2D eigenvalue weighted by atomic mass is 10.1. The quantitative estimate of drug-likeness (QED) is 0.845. The van der Waals surface area contributed by atoms with Gasteiger partial charge in [-0.05, 0) is 31.5 Å². The van der Waals surface area contributed by atoms with E-state index in [-0.39, 0.29) is 30.7 Å². The molecule has 1 atom stereocenters. The van der Waals surface area contributed by atoms with Gasteiger partial charge in [0.05, 0.1) is 12.2 Å². The van der Waals surface area contributed by atoms with Crippen LogP contribution >= 0.6 is 0 Å². The molecule has 1 N–H and O–H groups in total. The maximum atomic E-state index is 12.9. The van der Waals surface area contributed by atoms with E-state index in [1.807, 2.05) is 13.8 Å². The van der Waals surface area contributed by atoms with Gasteiger partial charge in [-0.3, -0.25) is 9.69 Å². The normalized spacial score (nSPS) is 17.7. The zero-order valence-electron chi connectivity index (χ0n) is 13.4. The van der Waals surface area contributed by atoms with E-state index in [0.717, 1.165) is 4.90 Å². The molecule has 126 valence electrons. The van der Waals surface area contributed by atoms with Crippen LogP contribution in [0.1, 0.15) is 31.1 Å². The van der Waals surface area contributed by atoms with Crippen LogP contribution in [0, 0.1) is 5.82 Å². The number of benzene rings is 1. The molecule has 1 aliphatic heterocycles. The van der Waals surface area contributed by atoms with Gasteiger partial charge in [0.25, 0.3) is 5.91 Å². The molecule has 0 spiro atoms. The predicted molar refractivity (Wildman–Crippen MR) is 83.4 cm³/mol. The van der Waals surface area contributed by atoms with Crippen LogP contribution in [0.25, 0.3) is 0 Å². The van der Waals surface area contributed by atoms with Crippen molar-refractivity contribution in [3.8, 4) is 0 Å². The molecule has 2 heterocycles. The highest BCUT2D eigenvalue weighted by atomic mass is 19.1. The zero-order chi connectivity index (χ0) is 17.3. The summed E-state index contributed by atoms with van der Waals surface area (Å²) in [6, 6.07) is 4.77. The summed E-state index contributed by atoms with van der Waals surface area (Å²) in [7, 11) is 0. The van der Waals surface area contributed by atoms with Crippen molar-refractivity contribution in [2.75, 3.05) is 0 Å². The highest BCUT2D eigenvalue weighted by Crippen LogP contribution is 2.15. The third kappa shape index (κ3) is 3.27. The number of hydrogen-bond acceptors (Lipinski definition) is 4. The summed E-state index contributed by atoms with van der Waals surface area (Å²) in [5.74, 6) is -0.675. The van der Waals surface area contributed by atoms with Crippen LogP contribution in [0.3, 0.4) is 0 Å². The zero-order valence-corrected chi connectivity index (χ0v) is 13.4. The number of rotatable bonds is 5. The molecule has 7 nitrogen and oxygen atoms in total. The molecule has 24 heavy (non-hydrogen) atoms. The Labute approximate surface area is 138 Å². The van der Waals surface area contributed by atoms with Gasteiger partial charge >= 0.3 is 6.03 Å². The molecule has 3 rings (SSSR count). The predicted octanol–water partition coefficient (Wildman–Crippen LogP) is 1.66. The average Bonchev–Trinajstić information content (AvgIpc) is 3.10. The van der Waals surface area contributed by atoms with Crippen LogP contribution < -0.4 is 5.32 Å². The molecule has 0 saturated carbocycles.